The molecule has 0 aromatic carbocycles. The fourth-order valence-corrected chi connectivity index (χ4v) is 4.41. The third-order valence-corrected chi connectivity index (χ3v) is 5.44. The molecule has 2 unspecified atom stereocenters. The summed E-state index contributed by atoms with van der Waals surface area (Å²) in [5, 5.41) is 0. The van der Waals surface area contributed by atoms with Gasteiger partial charge in [0.25, 0.3) is 0 Å². The van der Waals surface area contributed by atoms with E-state index >= 15 is 0 Å². The van der Waals surface area contributed by atoms with Crippen molar-refractivity contribution in [3.05, 3.63) is 11.6 Å². The monoisotopic (exact) mass is 234 g/mol. The highest BCUT2D eigenvalue weighted by Crippen LogP contribution is 2.55. The first-order valence-electron chi connectivity index (χ1n) is 7.56. The number of allylic oxidation sites excluding steroid dienone is 2. The maximum atomic E-state index is 5.82. The molecule has 3 fully saturated rings. The van der Waals surface area contributed by atoms with Crippen LogP contribution in [0.5, 0.6) is 0 Å². The molecule has 96 valence electrons. The summed E-state index contributed by atoms with van der Waals surface area (Å²) < 4.78 is 5.82. The van der Waals surface area contributed by atoms with Crippen LogP contribution in [0.3, 0.4) is 0 Å². The van der Waals surface area contributed by atoms with Crippen LogP contribution in [0.1, 0.15) is 65.2 Å². The molecule has 1 heteroatoms. The van der Waals surface area contributed by atoms with E-state index in [2.05, 4.69) is 19.9 Å². The zero-order valence-corrected chi connectivity index (χ0v) is 11.4. The fraction of sp³-hybridized carbons (Fsp3) is 0.875. The topological polar surface area (TPSA) is 12.5 Å². The van der Waals surface area contributed by atoms with Gasteiger partial charge in [-0.3, -0.25) is 0 Å². The predicted octanol–water partition coefficient (Wildman–Crippen LogP) is 4.47. The molecule has 2 saturated carbocycles. The summed E-state index contributed by atoms with van der Waals surface area (Å²) >= 11 is 0. The number of rotatable bonds is 2. The average molecular weight is 234 g/mol. The Balaban J connectivity index is 1.62. The fourth-order valence-electron chi connectivity index (χ4n) is 4.41. The molecule has 0 radical (unpaired) electrons. The molecule has 0 N–H and O–H groups in total. The van der Waals surface area contributed by atoms with Crippen molar-refractivity contribution in [3.8, 4) is 0 Å². The smallest absolute Gasteiger partial charge is 0.0870 e. The van der Waals surface area contributed by atoms with Gasteiger partial charge in [-0.2, -0.15) is 0 Å². The molecule has 3 aliphatic rings. The van der Waals surface area contributed by atoms with E-state index in [9.17, 15) is 0 Å². The summed E-state index contributed by atoms with van der Waals surface area (Å²) in [6, 6.07) is 0. The van der Waals surface area contributed by atoms with Gasteiger partial charge in [0.15, 0.2) is 0 Å². The van der Waals surface area contributed by atoms with Gasteiger partial charge in [0.2, 0.25) is 0 Å². The van der Waals surface area contributed by atoms with Gasteiger partial charge >= 0.3 is 0 Å². The summed E-state index contributed by atoms with van der Waals surface area (Å²) in [4.78, 5) is 0. The SMILES string of the molecule is C/C=C1\CCC[C@]2(CC[C@@H](C3OC3CC)C2)C1. The first-order chi connectivity index (χ1) is 8.26. The molecule has 4 atom stereocenters. The Morgan fingerprint density at radius 3 is 3.00 bits per heavy atom. The lowest BCUT2D eigenvalue weighted by Gasteiger charge is -2.35. The van der Waals surface area contributed by atoms with Gasteiger partial charge in [0.05, 0.1) is 12.2 Å². The summed E-state index contributed by atoms with van der Waals surface area (Å²) in [6.07, 6.45) is 14.8. The van der Waals surface area contributed by atoms with Gasteiger partial charge < -0.3 is 4.74 Å². The lowest BCUT2D eigenvalue weighted by Crippen LogP contribution is -2.22. The molecule has 3 rings (SSSR count). The van der Waals surface area contributed by atoms with E-state index < -0.39 is 0 Å². The minimum Gasteiger partial charge on any atom is -0.369 e. The third kappa shape index (κ3) is 2.19. The van der Waals surface area contributed by atoms with Crippen molar-refractivity contribution in [1.29, 1.82) is 0 Å². The van der Waals surface area contributed by atoms with Gasteiger partial charge in [-0.1, -0.05) is 18.6 Å². The first kappa shape index (κ1) is 11.8. The second-order valence-electron chi connectivity index (χ2n) is 6.53. The lowest BCUT2D eigenvalue weighted by atomic mass is 9.70. The van der Waals surface area contributed by atoms with E-state index in [1.165, 1.54) is 51.4 Å². The van der Waals surface area contributed by atoms with E-state index in [0.717, 1.165) is 5.92 Å². The van der Waals surface area contributed by atoms with Gasteiger partial charge in [-0.05, 0) is 69.6 Å². The molecular formula is C16H26O. The van der Waals surface area contributed by atoms with E-state index in [1.807, 2.05) is 0 Å². The van der Waals surface area contributed by atoms with Crippen LogP contribution in [0.25, 0.3) is 0 Å². The van der Waals surface area contributed by atoms with E-state index in [0.29, 0.717) is 17.6 Å². The lowest BCUT2D eigenvalue weighted by molar-refractivity contribution is 0.215. The zero-order chi connectivity index (χ0) is 11.9. The second kappa shape index (κ2) is 4.42. The number of hydrogen-bond acceptors (Lipinski definition) is 1. The van der Waals surface area contributed by atoms with Crippen molar-refractivity contribution in [2.45, 2.75) is 77.4 Å². The Morgan fingerprint density at radius 1 is 1.41 bits per heavy atom. The van der Waals surface area contributed by atoms with Crippen LogP contribution >= 0.6 is 0 Å². The third-order valence-electron chi connectivity index (χ3n) is 5.44. The van der Waals surface area contributed by atoms with Crippen molar-refractivity contribution in [1.82, 2.24) is 0 Å². The minimum absolute atomic E-state index is 0.611. The zero-order valence-electron chi connectivity index (χ0n) is 11.4. The van der Waals surface area contributed by atoms with Crippen molar-refractivity contribution >= 4 is 0 Å². The highest BCUT2D eigenvalue weighted by Gasteiger charge is 2.50. The van der Waals surface area contributed by atoms with Crippen LogP contribution in [-0.2, 0) is 4.74 Å². The van der Waals surface area contributed by atoms with Gasteiger partial charge in [-0.15, -0.1) is 0 Å². The molecule has 17 heavy (non-hydrogen) atoms. The summed E-state index contributed by atoms with van der Waals surface area (Å²) in [5.74, 6) is 0.885. The summed E-state index contributed by atoms with van der Waals surface area (Å²) in [7, 11) is 0. The molecule has 0 amide bonds. The minimum atomic E-state index is 0.611. The Kier molecular flexibility index (Phi) is 3.06. The Morgan fingerprint density at radius 2 is 2.29 bits per heavy atom. The molecule has 2 aliphatic carbocycles. The summed E-state index contributed by atoms with van der Waals surface area (Å²) in [5.41, 5.74) is 2.40. The maximum absolute atomic E-state index is 5.82. The molecule has 0 aromatic heterocycles. The van der Waals surface area contributed by atoms with Crippen LogP contribution in [0, 0.1) is 11.3 Å². The highest BCUT2D eigenvalue weighted by atomic mass is 16.6. The maximum Gasteiger partial charge on any atom is 0.0870 e. The molecule has 0 aromatic rings. The second-order valence-corrected chi connectivity index (χ2v) is 6.53. The van der Waals surface area contributed by atoms with Crippen LogP contribution in [-0.4, -0.2) is 12.2 Å². The van der Waals surface area contributed by atoms with Crippen molar-refractivity contribution in [2.75, 3.05) is 0 Å². The molecule has 1 aliphatic heterocycles. The predicted molar refractivity (Wildman–Crippen MR) is 71.0 cm³/mol. The van der Waals surface area contributed by atoms with Crippen LogP contribution in [0.15, 0.2) is 11.6 Å². The standard InChI is InChI=1S/C16H26O/c1-3-12-6-5-8-16(10-12)9-7-13(11-16)15-14(4-2)17-15/h3,13-15H,4-11H2,1-2H3/b12-3+/t13-,14?,15?,16+/m1/s1. The van der Waals surface area contributed by atoms with E-state index in [4.69, 9.17) is 4.74 Å². The van der Waals surface area contributed by atoms with Crippen molar-refractivity contribution < 1.29 is 4.74 Å². The first-order valence-corrected chi connectivity index (χ1v) is 7.56. The van der Waals surface area contributed by atoms with Gasteiger partial charge in [0, 0.05) is 0 Å². The summed E-state index contributed by atoms with van der Waals surface area (Å²) in [6.45, 7) is 4.48. The molecule has 1 heterocycles. The Hall–Kier alpha value is -0.300. The van der Waals surface area contributed by atoms with E-state index in [1.54, 1.807) is 5.57 Å². The molecule has 0 bridgehead atoms. The van der Waals surface area contributed by atoms with Gasteiger partial charge in [0.1, 0.15) is 0 Å². The normalized spacial score (nSPS) is 47.9. The average Bonchev–Trinajstić information content (AvgIpc) is 3.06. The van der Waals surface area contributed by atoms with E-state index in [-0.39, 0.29) is 0 Å². The highest BCUT2D eigenvalue weighted by molar-refractivity contribution is 5.11. The van der Waals surface area contributed by atoms with Crippen LogP contribution in [0.4, 0.5) is 0 Å². The number of hydrogen-bond donors (Lipinski definition) is 0. The molecule has 1 nitrogen and oxygen atoms in total. The van der Waals surface area contributed by atoms with Gasteiger partial charge in [-0.25, -0.2) is 0 Å². The molecule has 1 spiro atoms. The van der Waals surface area contributed by atoms with Crippen LogP contribution in [0.2, 0.25) is 0 Å². The number of ether oxygens (including phenoxy) is 1. The Bertz CT molecular complexity index is 319. The molecule has 1 saturated heterocycles. The molecular weight excluding hydrogens is 208 g/mol. The number of epoxide rings is 1. The van der Waals surface area contributed by atoms with Crippen molar-refractivity contribution in [3.63, 3.8) is 0 Å². The largest absolute Gasteiger partial charge is 0.369 e. The van der Waals surface area contributed by atoms with Crippen LogP contribution < -0.4 is 0 Å². The Labute approximate surface area is 106 Å². The quantitative estimate of drug-likeness (QED) is 0.507. The van der Waals surface area contributed by atoms with Crippen molar-refractivity contribution in [2.24, 2.45) is 11.3 Å².